The van der Waals surface area contributed by atoms with E-state index < -0.39 is 0 Å². The summed E-state index contributed by atoms with van der Waals surface area (Å²) in [6.45, 7) is 5.43. The molecular formula is C18H25N5O2. The second-order valence-corrected chi connectivity index (χ2v) is 6.33. The lowest BCUT2D eigenvalue weighted by molar-refractivity contribution is 0.160. The highest BCUT2D eigenvalue weighted by Crippen LogP contribution is 2.15. The molecule has 0 bridgehead atoms. The van der Waals surface area contributed by atoms with E-state index in [0.717, 1.165) is 49.7 Å². The van der Waals surface area contributed by atoms with Gasteiger partial charge in [-0.2, -0.15) is 5.10 Å². The van der Waals surface area contributed by atoms with Crippen LogP contribution in [0.2, 0.25) is 0 Å². The summed E-state index contributed by atoms with van der Waals surface area (Å²) < 4.78 is 6.89. The van der Waals surface area contributed by atoms with Crippen molar-refractivity contribution in [3.8, 4) is 5.69 Å². The average Bonchev–Trinajstić information content (AvgIpc) is 3.22. The Labute approximate surface area is 148 Å². The summed E-state index contributed by atoms with van der Waals surface area (Å²) in [5.74, 6) is 0. The van der Waals surface area contributed by atoms with Gasteiger partial charge in [-0.25, -0.2) is 9.48 Å². The molecular weight excluding hydrogens is 318 g/mol. The van der Waals surface area contributed by atoms with Gasteiger partial charge in [0.2, 0.25) is 0 Å². The van der Waals surface area contributed by atoms with E-state index in [1.807, 2.05) is 43.5 Å². The monoisotopic (exact) mass is 343 g/mol. The molecule has 1 aliphatic heterocycles. The quantitative estimate of drug-likeness (QED) is 0.842. The van der Waals surface area contributed by atoms with Crippen LogP contribution in [0.15, 0.2) is 36.5 Å². The standard InChI is InChI=1S/C18H25N5O2/c1-14-6-9-23(21-14)17-5-3-4-15(12-17)19-18(24)20-16-7-8-22(13-16)10-11-25-2/h3-6,9,12,16H,7-8,10-11,13H2,1-2H3,(H2,19,20,24)/t16-/m0/s1. The van der Waals surface area contributed by atoms with Crippen molar-refractivity contribution in [2.75, 3.05) is 38.7 Å². The first-order valence-electron chi connectivity index (χ1n) is 8.55. The Morgan fingerprint density at radius 1 is 1.40 bits per heavy atom. The zero-order valence-corrected chi connectivity index (χ0v) is 14.7. The molecule has 134 valence electrons. The third kappa shape index (κ3) is 4.80. The maximum absolute atomic E-state index is 12.3. The minimum absolute atomic E-state index is 0.174. The van der Waals surface area contributed by atoms with Crippen LogP contribution in [-0.2, 0) is 4.74 Å². The lowest BCUT2D eigenvalue weighted by Gasteiger charge is -2.16. The van der Waals surface area contributed by atoms with Crippen LogP contribution in [0.1, 0.15) is 12.1 Å². The van der Waals surface area contributed by atoms with Crippen LogP contribution < -0.4 is 10.6 Å². The number of carbonyl (C=O) groups is 1. The van der Waals surface area contributed by atoms with E-state index in [2.05, 4.69) is 20.6 Å². The van der Waals surface area contributed by atoms with E-state index in [9.17, 15) is 4.79 Å². The number of aryl methyl sites for hydroxylation is 1. The van der Waals surface area contributed by atoms with Crippen LogP contribution in [0.25, 0.3) is 5.69 Å². The van der Waals surface area contributed by atoms with Crippen molar-refractivity contribution in [3.63, 3.8) is 0 Å². The molecule has 2 N–H and O–H groups in total. The number of nitrogens with one attached hydrogen (secondary N) is 2. The van der Waals surface area contributed by atoms with Gasteiger partial charge in [0.1, 0.15) is 0 Å². The number of hydrogen-bond acceptors (Lipinski definition) is 4. The fraction of sp³-hybridized carbons (Fsp3) is 0.444. The van der Waals surface area contributed by atoms with Crippen LogP contribution in [-0.4, -0.2) is 60.1 Å². The predicted molar refractivity (Wildman–Crippen MR) is 97.2 cm³/mol. The van der Waals surface area contributed by atoms with Crippen molar-refractivity contribution in [2.24, 2.45) is 0 Å². The average molecular weight is 343 g/mol. The van der Waals surface area contributed by atoms with E-state index in [-0.39, 0.29) is 12.1 Å². The number of methoxy groups -OCH3 is 1. The van der Waals surface area contributed by atoms with Gasteiger partial charge in [-0.3, -0.25) is 4.90 Å². The fourth-order valence-electron chi connectivity index (χ4n) is 3.01. The van der Waals surface area contributed by atoms with Crippen molar-refractivity contribution < 1.29 is 9.53 Å². The van der Waals surface area contributed by atoms with E-state index in [1.165, 1.54) is 0 Å². The van der Waals surface area contributed by atoms with E-state index in [4.69, 9.17) is 4.74 Å². The van der Waals surface area contributed by atoms with Crippen LogP contribution in [0, 0.1) is 6.92 Å². The van der Waals surface area contributed by atoms with Crippen LogP contribution in [0.4, 0.5) is 10.5 Å². The van der Waals surface area contributed by atoms with Gasteiger partial charge >= 0.3 is 6.03 Å². The van der Waals surface area contributed by atoms with Crippen molar-refractivity contribution in [1.82, 2.24) is 20.0 Å². The Balaban J connectivity index is 1.53. The summed E-state index contributed by atoms with van der Waals surface area (Å²) in [5, 5.41) is 10.3. The molecule has 0 aliphatic carbocycles. The van der Waals surface area contributed by atoms with E-state index in [1.54, 1.807) is 11.8 Å². The Morgan fingerprint density at radius 2 is 2.28 bits per heavy atom. The largest absolute Gasteiger partial charge is 0.383 e. The number of nitrogens with zero attached hydrogens (tertiary/aromatic N) is 3. The molecule has 25 heavy (non-hydrogen) atoms. The van der Waals surface area contributed by atoms with Gasteiger partial charge in [-0.1, -0.05) is 6.07 Å². The normalized spacial score (nSPS) is 17.6. The second kappa shape index (κ2) is 8.13. The maximum Gasteiger partial charge on any atom is 0.319 e. The molecule has 2 heterocycles. The van der Waals surface area contributed by atoms with Gasteiger partial charge in [-0.05, 0) is 37.6 Å². The zero-order valence-electron chi connectivity index (χ0n) is 14.7. The van der Waals surface area contributed by atoms with Gasteiger partial charge < -0.3 is 15.4 Å². The van der Waals surface area contributed by atoms with Crippen molar-refractivity contribution >= 4 is 11.7 Å². The van der Waals surface area contributed by atoms with Gasteiger partial charge in [-0.15, -0.1) is 0 Å². The lowest BCUT2D eigenvalue weighted by Crippen LogP contribution is -2.40. The van der Waals surface area contributed by atoms with Crippen molar-refractivity contribution in [2.45, 2.75) is 19.4 Å². The molecule has 1 aliphatic rings. The fourth-order valence-corrected chi connectivity index (χ4v) is 3.01. The molecule has 0 unspecified atom stereocenters. The Hall–Kier alpha value is -2.38. The summed E-state index contributed by atoms with van der Waals surface area (Å²) in [6.07, 6.45) is 2.87. The third-order valence-electron chi connectivity index (χ3n) is 4.31. The first-order valence-corrected chi connectivity index (χ1v) is 8.55. The second-order valence-electron chi connectivity index (χ2n) is 6.33. The molecule has 1 aromatic carbocycles. The highest BCUT2D eigenvalue weighted by atomic mass is 16.5. The summed E-state index contributed by atoms with van der Waals surface area (Å²) in [4.78, 5) is 14.6. The number of anilines is 1. The smallest absolute Gasteiger partial charge is 0.319 e. The van der Waals surface area contributed by atoms with E-state index >= 15 is 0 Å². The highest BCUT2D eigenvalue weighted by Gasteiger charge is 2.23. The number of amides is 2. The molecule has 0 spiro atoms. The highest BCUT2D eigenvalue weighted by molar-refractivity contribution is 5.89. The summed E-state index contributed by atoms with van der Waals surface area (Å²) in [6, 6.07) is 9.60. The molecule has 0 saturated carbocycles. The molecule has 7 nitrogen and oxygen atoms in total. The number of ether oxygens (including phenoxy) is 1. The molecule has 7 heteroatoms. The SMILES string of the molecule is COCCN1CC[C@H](NC(=O)Nc2cccc(-n3ccc(C)n3)c2)C1. The van der Waals surface area contributed by atoms with Gasteiger partial charge in [0.05, 0.1) is 18.0 Å². The van der Waals surface area contributed by atoms with Gasteiger partial charge in [0, 0.05) is 44.7 Å². The van der Waals surface area contributed by atoms with E-state index in [0.29, 0.717) is 0 Å². The first-order chi connectivity index (χ1) is 12.1. The molecule has 1 saturated heterocycles. The maximum atomic E-state index is 12.3. The number of rotatable bonds is 6. The zero-order chi connectivity index (χ0) is 17.6. The number of benzene rings is 1. The number of likely N-dealkylation sites (tertiary alicyclic amines) is 1. The minimum atomic E-state index is -0.174. The van der Waals surface area contributed by atoms with Crippen LogP contribution >= 0.6 is 0 Å². The number of aromatic nitrogens is 2. The van der Waals surface area contributed by atoms with Crippen LogP contribution in [0.5, 0.6) is 0 Å². The Morgan fingerprint density at radius 3 is 3.04 bits per heavy atom. The van der Waals surface area contributed by atoms with Gasteiger partial charge in [0.25, 0.3) is 0 Å². The minimum Gasteiger partial charge on any atom is -0.383 e. The molecule has 1 atom stereocenters. The summed E-state index contributed by atoms with van der Waals surface area (Å²) in [5.41, 5.74) is 2.62. The van der Waals surface area contributed by atoms with Crippen LogP contribution in [0.3, 0.4) is 0 Å². The van der Waals surface area contributed by atoms with Crippen molar-refractivity contribution in [3.05, 3.63) is 42.2 Å². The lowest BCUT2D eigenvalue weighted by atomic mass is 10.2. The first kappa shape index (κ1) is 17.4. The molecule has 0 radical (unpaired) electrons. The molecule has 3 rings (SSSR count). The molecule has 1 fully saturated rings. The molecule has 2 aromatic rings. The summed E-state index contributed by atoms with van der Waals surface area (Å²) >= 11 is 0. The Bertz CT molecular complexity index is 715. The third-order valence-corrected chi connectivity index (χ3v) is 4.31. The Kier molecular flexibility index (Phi) is 5.67. The number of urea groups is 1. The van der Waals surface area contributed by atoms with Crippen molar-refractivity contribution in [1.29, 1.82) is 0 Å². The molecule has 2 amide bonds. The molecule has 1 aromatic heterocycles. The summed E-state index contributed by atoms with van der Waals surface area (Å²) in [7, 11) is 1.71. The topological polar surface area (TPSA) is 71.4 Å². The van der Waals surface area contributed by atoms with Gasteiger partial charge in [0.15, 0.2) is 0 Å². The number of hydrogen-bond donors (Lipinski definition) is 2. The number of carbonyl (C=O) groups excluding carboxylic acids is 1. The predicted octanol–water partition coefficient (Wildman–Crippen LogP) is 2.02.